The molecule has 1 aliphatic heterocycles. The van der Waals surface area contributed by atoms with Gasteiger partial charge in [-0.25, -0.2) is 8.42 Å². The number of hydrogen-bond donors (Lipinski definition) is 1. The van der Waals surface area contributed by atoms with E-state index in [9.17, 15) is 13.2 Å². The number of rotatable bonds is 5. The number of anilines is 1. The zero-order chi connectivity index (χ0) is 18.7. The fraction of sp³-hybridized carbons (Fsp3) is 0.375. The van der Waals surface area contributed by atoms with Crippen molar-refractivity contribution in [2.75, 3.05) is 38.0 Å². The summed E-state index contributed by atoms with van der Waals surface area (Å²) in [5.74, 6) is 0.789. The van der Waals surface area contributed by atoms with Crippen LogP contribution in [-0.4, -0.2) is 61.4 Å². The molecule has 0 radical (unpaired) electrons. The van der Waals surface area contributed by atoms with Gasteiger partial charge in [0, 0.05) is 36.7 Å². The highest BCUT2D eigenvalue weighted by Gasteiger charge is 2.29. The van der Waals surface area contributed by atoms with Crippen molar-refractivity contribution in [1.29, 1.82) is 0 Å². The van der Waals surface area contributed by atoms with Gasteiger partial charge in [-0.05, 0) is 25.1 Å². The normalized spacial score (nSPS) is 16.5. The Hall–Kier alpha value is -1.75. The lowest BCUT2D eigenvalue weighted by Crippen LogP contribution is -2.50. The molecular formula is C16H19BrN4O4S. The Labute approximate surface area is 160 Å². The van der Waals surface area contributed by atoms with Gasteiger partial charge >= 0.3 is 0 Å². The number of hydrogen-bond acceptors (Lipinski definition) is 6. The van der Waals surface area contributed by atoms with Crippen LogP contribution in [0, 0.1) is 6.92 Å². The van der Waals surface area contributed by atoms with Crippen LogP contribution in [-0.2, 0) is 14.8 Å². The van der Waals surface area contributed by atoms with Crippen molar-refractivity contribution in [2.45, 2.75) is 11.8 Å². The molecule has 10 heteroatoms. The second kappa shape index (κ2) is 7.87. The summed E-state index contributed by atoms with van der Waals surface area (Å²) < 4.78 is 32.5. The van der Waals surface area contributed by atoms with Gasteiger partial charge in [-0.3, -0.25) is 9.69 Å². The van der Waals surface area contributed by atoms with Crippen molar-refractivity contribution in [3.63, 3.8) is 0 Å². The van der Waals surface area contributed by atoms with Crippen LogP contribution in [0.25, 0.3) is 0 Å². The number of nitrogens with zero attached hydrogens (tertiary/aromatic N) is 3. The molecule has 0 spiro atoms. The van der Waals surface area contributed by atoms with Gasteiger partial charge in [0.1, 0.15) is 5.76 Å². The zero-order valence-electron chi connectivity index (χ0n) is 14.2. The first kappa shape index (κ1) is 19.0. The van der Waals surface area contributed by atoms with E-state index in [1.54, 1.807) is 37.3 Å². The van der Waals surface area contributed by atoms with Gasteiger partial charge in [0.05, 0.1) is 11.4 Å². The van der Waals surface area contributed by atoms with Crippen LogP contribution in [0.1, 0.15) is 5.76 Å². The molecule has 0 unspecified atom stereocenters. The highest BCUT2D eigenvalue weighted by Crippen LogP contribution is 2.21. The molecule has 8 nitrogen and oxygen atoms in total. The van der Waals surface area contributed by atoms with Crippen molar-refractivity contribution in [1.82, 2.24) is 14.4 Å². The van der Waals surface area contributed by atoms with E-state index >= 15 is 0 Å². The number of carbonyl (C=O) groups is 1. The molecular weight excluding hydrogens is 424 g/mol. The molecule has 0 atom stereocenters. The van der Waals surface area contributed by atoms with E-state index in [1.807, 2.05) is 4.90 Å². The van der Waals surface area contributed by atoms with Gasteiger partial charge in [-0.1, -0.05) is 27.2 Å². The van der Waals surface area contributed by atoms with Crippen LogP contribution >= 0.6 is 15.9 Å². The zero-order valence-corrected chi connectivity index (χ0v) is 16.6. The first-order valence-electron chi connectivity index (χ1n) is 8.06. The predicted molar refractivity (Wildman–Crippen MR) is 99.2 cm³/mol. The summed E-state index contributed by atoms with van der Waals surface area (Å²) >= 11 is 3.30. The minimum absolute atomic E-state index is 0.177. The molecule has 1 aromatic carbocycles. The lowest BCUT2D eigenvalue weighted by atomic mass is 10.3. The van der Waals surface area contributed by atoms with Crippen LogP contribution in [0.5, 0.6) is 0 Å². The summed E-state index contributed by atoms with van der Waals surface area (Å²) in [5.41, 5.74) is 0. The second-order valence-electron chi connectivity index (χ2n) is 6.01. The summed E-state index contributed by atoms with van der Waals surface area (Å²) in [7, 11) is -3.53. The largest absolute Gasteiger partial charge is 0.360 e. The van der Waals surface area contributed by atoms with E-state index < -0.39 is 10.0 Å². The van der Waals surface area contributed by atoms with Gasteiger partial charge in [-0.2, -0.15) is 4.31 Å². The van der Waals surface area contributed by atoms with Crippen molar-refractivity contribution in [3.05, 3.63) is 40.6 Å². The Kier molecular flexibility index (Phi) is 5.76. The van der Waals surface area contributed by atoms with Gasteiger partial charge in [0.2, 0.25) is 15.9 Å². The fourth-order valence-electron chi connectivity index (χ4n) is 2.72. The Bertz CT molecular complexity index is 891. The average molecular weight is 443 g/mol. The maximum absolute atomic E-state index is 12.7. The molecule has 1 amide bonds. The van der Waals surface area contributed by atoms with Gasteiger partial charge in [0.15, 0.2) is 5.82 Å². The number of aromatic nitrogens is 1. The molecule has 3 rings (SSSR count). The van der Waals surface area contributed by atoms with Crippen molar-refractivity contribution in [2.24, 2.45) is 0 Å². The first-order chi connectivity index (χ1) is 12.3. The number of aryl methyl sites for hydroxylation is 1. The Morgan fingerprint density at radius 2 is 2.00 bits per heavy atom. The Morgan fingerprint density at radius 3 is 2.62 bits per heavy atom. The summed E-state index contributed by atoms with van der Waals surface area (Å²) in [5, 5.41) is 6.38. The van der Waals surface area contributed by atoms with E-state index in [-0.39, 0.29) is 17.3 Å². The third kappa shape index (κ3) is 4.50. The predicted octanol–water partition coefficient (Wildman–Crippen LogP) is 1.69. The molecule has 1 N–H and O–H groups in total. The van der Waals surface area contributed by atoms with Crippen LogP contribution in [0.3, 0.4) is 0 Å². The van der Waals surface area contributed by atoms with E-state index in [1.165, 1.54) is 4.31 Å². The number of nitrogens with one attached hydrogen (secondary N) is 1. The minimum Gasteiger partial charge on any atom is -0.360 e. The monoisotopic (exact) mass is 442 g/mol. The molecule has 0 bridgehead atoms. The summed E-state index contributed by atoms with van der Waals surface area (Å²) in [4.78, 5) is 14.2. The average Bonchev–Trinajstić information content (AvgIpc) is 3.00. The Morgan fingerprint density at radius 1 is 1.27 bits per heavy atom. The van der Waals surface area contributed by atoms with Crippen LogP contribution in [0.15, 0.2) is 44.2 Å². The quantitative estimate of drug-likeness (QED) is 0.756. The van der Waals surface area contributed by atoms with E-state index in [2.05, 4.69) is 26.4 Å². The van der Waals surface area contributed by atoms with Crippen LogP contribution in [0.2, 0.25) is 0 Å². The van der Waals surface area contributed by atoms with Crippen molar-refractivity contribution >= 4 is 37.7 Å². The summed E-state index contributed by atoms with van der Waals surface area (Å²) in [6.07, 6.45) is 0. The third-order valence-electron chi connectivity index (χ3n) is 4.03. The SMILES string of the molecule is Cc1cc(NC(=O)CN2CCN(S(=O)(=O)c3cccc(Br)c3)CC2)no1. The van der Waals surface area contributed by atoms with Gasteiger partial charge < -0.3 is 9.84 Å². The molecule has 140 valence electrons. The van der Waals surface area contributed by atoms with Gasteiger partial charge in [-0.15, -0.1) is 0 Å². The number of halogens is 1. The van der Waals surface area contributed by atoms with E-state index in [4.69, 9.17) is 4.52 Å². The van der Waals surface area contributed by atoms with E-state index in [0.29, 0.717) is 37.8 Å². The smallest absolute Gasteiger partial charge is 0.243 e. The lowest BCUT2D eigenvalue weighted by molar-refractivity contribution is -0.117. The molecule has 1 saturated heterocycles. The van der Waals surface area contributed by atoms with Crippen LogP contribution in [0.4, 0.5) is 5.82 Å². The van der Waals surface area contributed by atoms with Crippen molar-refractivity contribution in [3.8, 4) is 0 Å². The number of carbonyl (C=O) groups excluding carboxylic acids is 1. The number of amides is 1. The molecule has 26 heavy (non-hydrogen) atoms. The lowest BCUT2D eigenvalue weighted by Gasteiger charge is -2.33. The maximum atomic E-state index is 12.7. The molecule has 2 aromatic rings. The number of piperazine rings is 1. The molecule has 1 fully saturated rings. The minimum atomic E-state index is -3.53. The van der Waals surface area contributed by atoms with Crippen LogP contribution < -0.4 is 5.32 Å². The highest BCUT2D eigenvalue weighted by molar-refractivity contribution is 9.10. The third-order valence-corrected chi connectivity index (χ3v) is 6.42. The second-order valence-corrected chi connectivity index (χ2v) is 8.86. The van der Waals surface area contributed by atoms with Gasteiger partial charge in [0.25, 0.3) is 0 Å². The van der Waals surface area contributed by atoms with E-state index in [0.717, 1.165) is 4.47 Å². The summed E-state index contributed by atoms with van der Waals surface area (Å²) in [6.45, 7) is 3.57. The highest BCUT2D eigenvalue weighted by atomic mass is 79.9. The van der Waals surface area contributed by atoms with Crippen molar-refractivity contribution < 1.29 is 17.7 Å². The molecule has 0 aliphatic carbocycles. The maximum Gasteiger partial charge on any atom is 0.243 e. The number of sulfonamides is 1. The molecule has 1 aromatic heterocycles. The molecule has 1 aliphatic rings. The Balaban J connectivity index is 1.54. The first-order valence-corrected chi connectivity index (χ1v) is 10.3. The fourth-order valence-corrected chi connectivity index (χ4v) is 4.73. The summed E-state index contributed by atoms with van der Waals surface area (Å²) in [6, 6.07) is 8.30. The standard InChI is InChI=1S/C16H19BrN4O4S/c1-12-9-15(19-25-12)18-16(22)11-20-5-7-21(8-6-20)26(23,24)14-4-2-3-13(17)10-14/h2-4,9-10H,5-8,11H2,1H3,(H,18,19,22). The topological polar surface area (TPSA) is 95.8 Å². The molecule has 0 saturated carbocycles. The molecule has 2 heterocycles. The number of benzene rings is 1.